The summed E-state index contributed by atoms with van der Waals surface area (Å²) in [5, 5.41) is 4.26. The summed E-state index contributed by atoms with van der Waals surface area (Å²) in [6.07, 6.45) is 6.13. The van der Waals surface area contributed by atoms with E-state index in [1.165, 1.54) is 0 Å². The molecule has 1 aromatic heterocycles. The van der Waals surface area contributed by atoms with Crippen molar-refractivity contribution in [1.29, 1.82) is 0 Å². The second-order valence-electron chi connectivity index (χ2n) is 5.94. The van der Waals surface area contributed by atoms with Crippen LogP contribution in [0.3, 0.4) is 0 Å². The van der Waals surface area contributed by atoms with Crippen molar-refractivity contribution >= 4 is 16.8 Å². The lowest BCUT2D eigenvalue weighted by atomic mass is 9.94. The molecule has 2 N–H and O–H groups in total. The second kappa shape index (κ2) is 4.01. The van der Waals surface area contributed by atoms with Gasteiger partial charge in [-0.15, -0.1) is 0 Å². The summed E-state index contributed by atoms with van der Waals surface area (Å²) in [7, 11) is 1.67. The van der Waals surface area contributed by atoms with Gasteiger partial charge in [-0.05, 0) is 49.4 Å². The van der Waals surface area contributed by atoms with Gasteiger partial charge < -0.3 is 15.0 Å². The molecular formula is C16H18N2O2. The summed E-state index contributed by atoms with van der Waals surface area (Å²) in [6.45, 7) is 0. The molecule has 0 unspecified atom stereocenters. The number of fused-ring (bicyclic) bond motifs is 1. The third-order valence-electron chi connectivity index (χ3n) is 4.50. The maximum absolute atomic E-state index is 12.5. The average Bonchev–Trinajstić information content (AvgIpc) is 3.38. The minimum Gasteiger partial charge on any atom is -0.497 e. The molecule has 0 aliphatic heterocycles. The average molecular weight is 270 g/mol. The zero-order valence-corrected chi connectivity index (χ0v) is 11.5. The summed E-state index contributed by atoms with van der Waals surface area (Å²) in [6, 6.07) is 6.38. The molecule has 0 spiro atoms. The molecule has 1 amide bonds. The molecule has 104 valence electrons. The Balaban J connectivity index is 1.75. The molecule has 2 fully saturated rings. The van der Waals surface area contributed by atoms with Crippen LogP contribution in [0.25, 0.3) is 10.9 Å². The molecule has 1 aromatic carbocycles. The highest BCUT2D eigenvalue weighted by Gasteiger charge is 2.53. The Morgan fingerprint density at radius 1 is 1.40 bits per heavy atom. The number of carbonyl (C=O) groups is 1. The summed E-state index contributed by atoms with van der Waals surface area (Å²) >= 11 is 0. The first-order valence-electron chi connectivity index (χ1n) is 7.19. The Bertz CT molecular complexity index is 681. The molecule has 0 saturated heterocycles. The molecule has 4 rings (SSSR count). The van der Waals surface area contributed by atoms with E-state index in [2.05, 4.69) is 10.3 Å². The number of carbonyl (C=O) groups excluding carboxylic acids is 1. The fourth-order valence-corrected chi connectivity index (χ4v) is 2.92. The minimum atomic E-state index is -0.312. The van der Waals surface area contributed by atoms with E-state index < -0.39 is 0 Å². The number of rotatable bonds is 4. The van der Waals surface area contributed by atoms with Gasteiger partial charge in [-0.3, -0.25) is 4.79 Å². The molecule has 2 saturated carbocycles. The quantitative estimate of drug-likeness (QED) is 0.896. The van der Waals surface area contributed by atoms with E-state index in [4.69, 9.17) is 4.74 Å². The van der Waals surface area contributed by atoms with Crippen LogP contribution >= 0.6 is 0 Å². The van der Waals surface area contributed by atoms with Crippen LogP contribution < -0.4 is 10.1 Å². The van der Waals surface area contributed by atoms with Crippen molar-refractivity contribution in [2.75, 3.05) is 7.11 Å². The van der Waals surface area contributed by atoms with E-state index >= 15 is 0 Å². The summed E-state index contributed by atoms with van der Waals surface area (Å²) in [5.41, 5.74) is 1.86. The summed E-state index contributed by atoms with van der Waals surface area (Å²) < 4.78 is 5.30. The zero-order valence-electron chi connectivity index (χ0n) is 11.5. The number of ether oxygens (including phenoxy) is 1. The van der Waals surface area contributed by atoms with Crippen LogP contribution in [0.2, 0.25) is 0 Å². The molecule has 4 nitrogen and oxygen atoms in total. The van der Waals surface area contributed by atoms with Crippen molar-refractivity contribution in [3.63, 3.8) is 0 Å². The van der Waals surface area contributed by atoms with Crippen LogP contribution in [0.15, 0.2) is 24.4 Å². The van der Waals surface area contributed by atoms with Gasteiger partial charge in [-0.25, -0.2) is 0 Å². The molecule has 0 radical (unpaired) electrons. The number of aromatic nitrogens is 1. The van der Waals surface area contributed by atoms with Crippen LogP contribution in [0.1, 0.15) is 31.2 Å². The van der Waals surface area contributed by atoms with Gasteiger partial charge in [0.2, 0.25) is 5.91 Å². The number of nitrogens with one attached hydrogen (secondary N) is 2. The van der Waals surface area contributed by atoms with Gasteiger partial charge in [0.25, 0.3) is 0 Å². The summed E-state index contributed by atoms with van der Waals surface area (Å²) in [5.74, 6) is 1.03. The van der Waals surface area contributed by atoms with Crippen molar-refractivity contribution in [3.8, 4) is 5.75 Å². The number of H-pyrrole nitrogens is 1. The maximum Gasteiger partial charge on any atom is 0.230 e. The van der Waals surface area contributed by atoms with Crippen molar-refractivity contribution in [2.24, 2.45) is 0 Å². The van der Waals surface area contributed by atoms with E-state index in [0.717, 1.165) is 47.9 Å². The van der Waals surface area contributed by atoms with Crippen molar-refractivity contribution in [3.05, 3.63) is 30.0 Å². The largest absolute Gasteiger partial charge is 0.497 e. The molecule has 2 aliphatic rings. The maximum atomic E-state index is 12.5. The number of benzene rings is 1. The zero-order chi connectivity index (χ0) is 13.7. The monoisotopic (exact) mass is 270 g/mol. The molecule has 2 aromatic rings. The lowest BCUT2D eigenvalue weighted by Crippen LogP contribution is -2.35. The fourth-order valence-electron chi connectivity index (χ4n) is 2.92. The van der Waals surface area contributed by atoms with Crippen molar-refractivity contribution in [2.45, 2.75) is 37.1 Å². The van der Waals surface area contributed by atoms with Gasteiger partial charge in [0.05, 0.1) is 12.5 Å². The fraction of sp³-hybridized carbons (Fsp3) is 0.438. The first kappa shape index (κ1) is 11.8. The highest BCUT2D eigenvalue weighted by Crippen LogP contribution is 2.51. The number of hydrogen-bond donors (Lipinski definition) is 2. The van der Waals surface area contributed by atoms with Gasteiger partial charge in [-0.1, -0.05) is 0 Å². The Kier molecular flexibility index (Phi) is 2.37. The van der Waals surface area contributed by atoms with E-state index in [9.17, 15) is 4.79 Å². The molecule has 4 heteroatoms. The smallest absolute Gasteiger partial charge is 0.230 e. The highest BCUT2D eigenvalue weighted by atomic mass is 16.5. The van der Waals surface area contributed by atoms with Gasteiger partial charge >= 0.3 is 0 Å². The Labute approximate surface area is 117 Å². The van der Waals surface area contributed by atoms with Gasteiger partial charge in [0, 0.05) is 23.1 Å². The predicted molar refractivity (Wildman–Crippen MR) is 76.9 cm³/mol. The standard InChI is InChI=1S/C16H18N2O2/c1-20-11-4-5-14-12(8-11)13(9-17-14)16(6-7-16)15(19)18-10-2-3-10/h4-5,8-10,17H,2-3,6-7H2,1H3,(H,18,19). The molecule has 0 atom stereocenters. The van der Waals surface area contributed by atoms with E-state index in [0.29, 0.717) is 6.04 Å². The number of amides is 1. The topological polar surface area (TPSA) is 54.1 Å². The first-order chi connectivity index (χ1) is 9.73. The minimum absolute atomic E-state index is 0.198. The summed E-state index contributed by atoms with van der Waals surface area (Å²) in [4.78, 5) is 15.8. The first-order valence-corrected chi connectivity index (χ1v) is 7.19. The normalized spacial score (nSPS) is 19.9. The number of aromatic amines is 1. The molecule has 1 heterocycles. The van der Waals surface area contributed by atoms with Crippen LogP contribution in [0, 0.1) is 0 Å². The van der Waals surface area contributed by atoms with Gasteiger partial charge in [0.1, 0.15) is 5.75 Å². The molecule has 0 bridgehead atoms. The third-order valence-corrected chi connectivity index (χ3v) is 4.50. The lowest BCUT2D eigenvalue weighted by Gasteiger charge is -2.14. The SMILES string of the molecule is COc1ccc2[nH]cc(C3(C(=O)NC4CC4)CC3)c2c1. The van der Waals surface area contributed by atoms with Crippen molar-refractivity contribution in [1.82, 2.24) is 10.3 Å². The van der Waals surface area contributed by atoms with Crippen LogP contribution in [-0.2, 0) is 10.2 Å². The van der Waals surface area contributed by atoms with E-state index in [1.54, 1.807) is 7.11 Å². The molecule has 20 heavy (non-hydrogen) atoms. The predicted octanol–water partition coefficient (Wildman–Crippen LogP) is 2.49. The van der Waals surface area contributed by atoms with Gasteiger partial charge in [-0.2, -0.15) is 0 Å². The van der Waals surface area contributed by atoms with Crippen LogP contribution in [0.4, 0.5) is 0 Å². The lowest BCUT2D eigenvalue weighted by molar-refractivity contribution is -0.123. The Hall–Kier alpha value is -1.97. The van der Waals surface area contributed by atoms with Crippen LogP contribution in [0.5, 0.6) is 5.75 Å². The van der Waals surface area contributed by atoms with Crippen molar-refractivity contribution < 1.29 is 9.53 Å². The molecule has 2 aliphatic carbocycles. The van der Waals surface area contributed by atoms with Gasteiger partial charge in [0.15, 0.2) is 0 Å². The van der Waals surface area contributed by atoms with Crippen LogP contribution in [-0.4, -0.2) is 24.0 Å². The Morgan fingerprint density at radius 2 is 2.20 bits per heavy atom. The molecular weight excluding hydrogens is 252 g/mol. The third kappa shape index (κ3) is 1.71. The van der Waals surface area contributed by atoms with E-state index in [-0.39, 0.29) is 11.3 Å². The second-order valence-corrected chi connectivity index (χ2v) is 5.94. The number of hydrogen-bond acceptors (Lipinski definition) is 2. The van der Waals surface area contributed by atoms with E-state index in [1.807, 2.05) is 24.4 Å². The number of methoxy groups -OCH3 is 1. The highest BCUT2D eigenvalue weighted by molar-refractivity contribution is 5.98. The Morgan fingerprint density at radius 3 is 2.85 bits per heavy atom.